The number of hydrogen-bond acceptors (Lipinski definition) is 4. The highest BCUT2D eigenvalue weighted by atomic mass is 16.5. The number of hydrogen-bond donors (Lipinski definition) is 3. The fraction of sp³-hybridized carbons (Fsp3) is 0.211. The molecule has 0 fully saturated rings. The van der Waals surface area contributed by atoms with Gasteiger partial charge < -0.3 is 21.1 Å². The molecule has 0 radical (unpaired) electrons. The van der Waals surface area contributed by atoms with Crippen LogP contribution in [0, 0.1) is 0 Å². The predicted octanol–water partition coefficient (Wildman–Crippen LogP) is 2.91. The van der Waals surface area contributed by atoms with Crippen molar-refractivity contribution in [3.05, 3.63) is 48.0 Å². The first kappa shape index (κ1) is 19.0. The highest BCUT2D eigenvalue weighted by molar-refractivity contribution is 5.89. The normalized spacial score (nSPS) is 10.0. The van der Waals surface area contributed by atoms with Gasteiger partial charge in [0.1, 0.15) is 0 Å². The summed E-state index contributed by atoms with van der Waals surface area (Å²) < 4.78 is 4.93. The SMILES string of the molecule is CCOC(=O)CCc1ccc(-c2cccc(NC(N)=O)c2)cc1NC=O. The minimum Gasteiger partial charge on any atom is -0.466 e. The minimum atomic E-state index is -0.639. The van der Waals surface area contributed by atoms with Gasteiger partial charge in [-0.25, -0.2) is 4.79 Å². The number of nitrogens with two attached hydrogens (primary N) is 1. The van der Waals surface area contributed by atoms with Crippen LogP contribution in [0.3, 0.4) is 0 Å². The van der Waals surface area contributed by atoms with E-state index in [2.05, 4.69) is 10.6 Å². The van der Waals surface area contributed by atoms with Crippen molar-refractivity contribution < 1.29 is 19.1 Å². The fourth-order valence-electron chi connectivity index (χ4n) is 2.56. The number of esters is 1. The van der Waals surface area contributed by atoms with Crippen molar-refractivity contribution in [3.63, 3.8) is 0 Å². The van der Waals surface area contributed by atoms with Gasteiger partial charge in [0.05, 0.1) is 6.61 Å². The second-order valence-electron chi connectivity index (χ2n) is 5.51. The van der Waals surface area contributed by atoms with E-state index >= 15 is 0 Å². The molecule has 0 heterocycles. The molecule has 0 bridgehead atoms. The largest absolute Gasteiger partial charge is 0.466 e. The quantitative estimate of drug-likeness (QED) is 0.499. The molecule has 7 heteroatoms. The summed E-state index contributed by atoms with van der Waals surface area (Å²) >= 11 is 0. The Morgan fingerprint density at radius 1 is 1.15 bits per heavy atom. The van der Waals surface area contributed by atoms with Crippen LogP contribution in [0.25, 0.3) is 11.1 Å². The second kappa shape index (κ2) is 9.22. The number of anilines is 2. The van der Waals surface area contributed by atoms with Gasteiger partial charge in [-0.05, 0) is 48.2 Å². The van der Waals surface area contributed by atoms with Crippen LogP contribution < -0.4 is 16.4 Å². The molecule has 0 aliphatic carbocycles. The summed E-state index contributed by atoms with van der Waals surface area (Å²) in [6.45, 7) is 2.10. The third-order valence-corrected chi connectivity index (χ3v) is 3.69. The van der Waals surface area contributed by atoms with E-state index in [4.69, 9.17) is 10.5 Å². The smallest absolute Gasteiger partial charge is 0.316 e. The summed E-state index contributed by atoms with van der Waals surface area (Å²) in [6, 6.07) is 12.1. The van der Waals surface area contributed by atoms with Gasteiger partial charge in [-0.1, -0.05) is 24.3 Å². The molecule has 0 aromatic heterocycles. The summed E-state index contributed by atoms with van der Waals surface area (Å²) in [6.07, 6.45) is 1.29. The highest BCUT2D eigenvalue weighted by Gasteiger charge is 2.09. The summed E-state index contributed by atoms with van der Waals surface area (Å²) in [5, 5.41) is 5.19. The van der Waals surface area contributed by atoms with Crippen LogP contribution in [-0.4, -0.2) is 25.0 Å². The Labute approximate surface area is 151 Å². The second-order valence-corrected chi connectivity index (χ2v) is 5.51. The first-order chi connectivity index (χ1) is 12.5. The number of ether oxygens (including phenoxy) is 1. The van der Waals surface area contributed by atoms with E-state index in [1.807, 2.05) is 24.3 Å². The lowest BCUT2D eigenvalue weighted by Crippen LogP contribution is -2.19. The Morgan fingerprint density at radius 2 is 1.92 bits per heavy atom. The number of primary amides is 1. The van der Waals surface area contributed by atoms with Crippen LogP contribution in [0.2, 0.25) is 0 Å². The summed E-state index contributed by atoms with van der Waals surface area (Å²) in [5.74, 6) is -0.279. The Bertz CT molecular complexity index is 805. The summed E-state index contributed by atoms with van der Waals surface area (Å²) in [4.78, 5) is 33.5. The maximum Gasteiger partial charge on any atom is 0.316 e. The van der Waals surface area contributed by atoms with Crippen LogP contribution in [0.4, 0.5) is 16.2 Å². The van der Waals surface area contributed by atoms with Crippen molar-refractivity contribution in [1.82, 2.24) is 0 Å². The maximum absolute atomic E-state index is 11.5. The number of rotatable bonds is 8. The van der Waals surface area contributed by atoms with E-state index in [-0.39, 0.29) is 12.4 Å². The number of benzene rings is 2. The van der Waals surface area contributed by atoms with Gasteiger partial charge in [-0.3, -0.25) is 9.59 Å². The van der Waals surface area contributed by atoms with Gasteiger partial charge in [0, 0.05) is 17.8 Å². The van der Waals surface area contributed by atoms with Gasteiger partial charge in [-0.2, -0.15) is 0 Å². The molecule has 0 unspecified atom stereocenters. The first-order valence-corrected chi connectivity index (χ1v) is 8.19. The third-order valence-electron chi connectivity index (χ3n) is 3.69. The molecule has 0 atom stereocenters. The summed E-state index contributed by atoms with van der Waals surface area (Å²) in [5.41, 5.74) is 8.87. The van der Waals surface area contributed by atoms with Gasteiger partial charge in [-0.15, -0.1) is 0 Å². The van der Waals surface area contributed by atoms with E-state index < -0.39 is 6.03 Å². The molecular formula is C19H21N3O4. The molecule has 2 rings (SSSR count). The number of carbonyl (C=O) groups excluding carboxylic acids is 3. The zero-order chi connectivity index (χ0) is 18.9. The lowest BCUT2D eigenvalue weighted by atomic mass is 9.99. The monoisotopic (exact) mass is 355 g/mol. The number of amides is 3. The van der Waals surface area contributed by atoms with E-state index in [0.717, 1.165) is 16.7 Å². The molecule has 2 aromatic rings. The zero-order valence-electron chi connectivity index (χ0n) is 14.5. The molecule has 0 aliphatic rings. The van der Waals surface area contributed by atoms with Crippen LogP contribution >= 0.6 is 0 Å². The van der Waals surface area contributed by atoms with Crippen molar-refractivity contribution in [2.75, 3.05) is 17.2 Å². The lowest BCUT2D eigenvalue weighted by Gasteiger charge is -2.12. The van der Waals surface area contributed by atoms with E-state index in [0.29, 0.717) is 30.8 Å². The average Bonchev–Trinajstić information content (AvgIpc) is 2.61. The van der Waals surface area contributed by atoms with E-state index in [1.165, 1.54) is 0 Å². The number of urea groups is 1. The predicted molar refractivity (Wildman–Crippen MR) is 99.7 cm³/mol. The standard InChI is InChI=1S/C19H21N3O4/c1-2-26-18(24)9-8-13-6-7-15(11-17(13)21-12-23)14-4-3-5-16(10-14)22-19(20)25/h3-7,10-12H,2,8-9H2,1H3,(H,21,23)(H3,20,22,25). The number of carbonyl (C=O) groups is 3. The van der Waals surface area contributed by atoms with Crippen molar-refractivity contribution in [2.24, 2.45) is 5.73 Å². The van der Waals surface area contributed by atoms with Crippen LogP contribution in [0.1, 0.15) is 18.9 Å². The molecule has 7 nitrogen and oxygen atoms in total. The van der Waals surface area contributed by atoms with Gasteiger partial charge in [0.15, 0.2) is 0 Å². The molecule has 0 aliphatic heterocycles. The van der Waals surface area contributed by atoms with Crippen molar-refractivity contribution >= 4 is 29.8 Å². The van der Waals surface area contributed by atoms with Crippen molar-refractivity contribution in [3.8, 4) is 11.1 Å². The molecular weight excluding hydrogens is 334 g/mol. The maximum atomic E-state index is 11.5. The fourth-order valence-corrected chi connectivity index (χ4v) is 2.56. The van der Waals surface area contributed by atoms with Crippen molar-refractivity contribution in [1.29, 1.82) is 0 Å². The number of nitrogens with one attached hydrogen (secondary N) is 2. The lowest BCUT2D eigenvalue weighted by molar-refractivity contribution is -0.143. The molecule has 4 N–H and O–H groups in total. The van der Waals surface area contributed by atoms with E-state index in [1.54, 1.807) is 25.1 Å². The van der Waals surface area contributed by atoms with Crippen LogP contribution in [0.5, 0.6) is 0 Å². The highest BCUT2D eigenvalue weighted by Crippen LogP contribution is 2.28. The minimum absolute atomic E-state index is 0.235. The number of aryl methyl sites for hydroxylation is 1. The molecule has 0 saturated heterocycles. The molecule has 3 amide bonds. The Kier molecular flexibility index (Phi) is 6.73. The molecule has 2 aromatic carbocycles. The molecule has 0 saturated carbocycles. The molecule has 0 spiro atoms. The van der Waals surface area contributed by atoms with Crippen LogP contribution in [-0.2, 0) is 20.7 Å². The first-order valence-electron chi connectivity index (χ1n) is 8.19. The topological polar surface area (TPSA) is 111 Å². The molecule has 26 heavy (non-hydrogen) atoms. The Morgan fingerprint density at radius 3 is 2.62 bits per heavy atom. The zero-order valence-corrected chi connectivity index (χ0v) is 14.5. The molecule has 136 valence electrons. The van der Waals surface area contributed by atoms with Crippen molar-refractivity contribution in [2.45, 2.75) is 19.8 Å². The average molecular weight is 355 g/mol. The van der Waals surface area contributed by atoms with Crippen LogP contribution in [0.15, 0.2) is 42.5 Å². The van der Waals surface area contributed by atoms with E-state index in [9.17, 15) is 14.4 Å². The Hall–Kier alpha value is -3.35. The van der Waals surface area contributed by atoms with Gasteiger partial charge in [0.25, 0.3) is 0 Å². The van der Waals surface area contributed by atoms with Gasteiger partial charge in [0.2, 0.25) is 6.41 Å². The Balaban J connectivity index is 2.25. The summed E-state index contributed by atoms with van der Waals surface area (Å²) in [7, 11) is 0. The van der Waals surface area contributed by atoms with Gasteiger partial charge >= 0.3 is 12.0 Å². The third kappa shape index (κ3) is 5.34.